The first-order valence-electron chi connectivity index (χ1n) is 10.1. The summed E-state index contributed by atoms with van der Waals surface area (Å²) in [6.45, 7) is 5.29. The van der Waals surface area contributed by atoms with E-state index in [2.05, 4.69) is 5.32 Å². The summed E-state index contributed by atoms with van der Waals surface area (Å²) in [5.41, 5.74) is 2.64. The highest BCUT2D eigenvalue weighted by molar-refractivity contribution is 6.31. The maximum absolute atomic E-state index is 13.2. The van der Waals surface area contributed by atoms with Gasteiger partial charge in [-0.15, -0.1) is 0 Å². The minimum absolute atomic E-state index is 0.0450. The Kier molecular flexibility index (Phi) is 7.21. The number of benzene rings is 2. The number of carbonyl (C=O) groups excluding carboxylic acids is 2. The molecule has 0 radical (unpaired) electrons. The molecule has 2 aromatic carbocycles. The summed E-state index contributed by atoms with van der Waals surface area (Å²) in [6, 6.07) is 13.1. The van der Waals surface area contributed by atoms with E-state index >= 15 is 0 Å². The Bertz CT molecular complexity index is 893. The van der Waals surface area contributed by atoms with Crippen molar-refractivity contribution < 1.29 is 14.3 Å². The lowest BCUT2D eigenvalue weighted by atomic mass is 10.0. The number of anilines is 1. The molecule has 1 heterocycles. The SMILES string of the molecule is COc1ccc(CN(C(=O)Nc2ccc(C)c(Cl)c2)C2CCN(C(C)=O)CC2)cc1. The molecule has 2 aromatic rings. The van der Waals surface area contributed by atoms with E-state index in [1.54, 1.807) is 20.1 Å². The third kappa shape index (κ3) is 5.45. The number of nitrogens with zero attached hydrogens (tertiary/aromatic N) is 2. The molecule has 0 unspecified atom stereocenters. The number of halogens is 1. The highest BCUT2D eigenvalue weighted by atomic mass is 35.5. The van der Waals surface area contributed by atoms with Gasteiger partial charge >= 0.3 is 6.03 Å². The zero-order valence-electron chi connectivity index (χ0n) is 17.7. The first kappa shape index (κ1) is 22.0. The number of piperidine rings is 1. The van der Waals surface area contributed by atoms with E-state index in [9.17, 15) is 9.59 Å². The third-order valence-corrected chi connectivity index (χ3v) is 5.95. The average molecular weight is 430 g/mol. The second kappa shape index (κ2) is 9.85. The number of urea groups is 1. The number of likely N-dealkylation sites (tertiary alicyclic amines) is 1. The predicted molar refractivity (Wildman–Crippen MR) is 119 cm³/mol. The minimum atomic E-state index is -0.174. The van der Waals surface area contributed by atoms with Crippen LogP contribution in [0.3, 0.4) is 0 Å². The van der Waals surface area contributed by atoms with Crippen molar-refractivity contribution in [1.82, 2.24) is 9.80 Å². The number of aryl methyl sites for hydroxylation is 1. The summed E-state index contributed by atoms with van der Waals surface area (Å²) in [5.74, 6) is 0.854. The van der Waals surface area contributed by atoms with E-state index in [0.29, 0.717) is 30.3 Å². The minimum Gasteiger partial charge on any atom is -0.497 e. The normalized spacial score (nSPS) is 14.3. The van der Waals surface area contributed by atoms with Crippen LogP contribution in [0.4, 0.5) is 10.5 Å². The molecular formula is C23H28ClN3O3. The molecule has 1 aliphatic heterocycles. The molecule has 0 aliphatic carbocycles. The number of amides is 3. The van der Waals surface area contributed by atoms with Crippen molar-refractivity contribution in [2.75, 3.05) is 25.5 Å². The summed E-state index contributed by atoms with van der Waals surface area (Å²) in [5, 5.41) is 3.60. The van der Waals surface area contributed by atoms with Gasteiger partial charge in [-0.2, -0.15) is 0 Å². The summed E-state index contributed by atoms with van der Waals surface area (Å²) in [6.07, 6.45) is 1.50. The Morgan fingerprint density at radius 1 is 1.17 bits per heavy atom. The number of nitrogens with one attached hydrogen (secondary N) is 1. The first-order valence-corrected chi connectivity index (χ1v) is 10.5. The molecule has 1 aliphatic rings. The number of rotatable bonds is 5. The molecule has 3 amide bonds. The van der Waals surface area contributed by atoms with Crippen molar-refractivity contribution in [1.29, 1.82) is 0 Å². The van der Waals surface area contributed by atoms with Crippen LogP contribution in [0.25, 0.3) is 0 Å². The maximum atomic E-state index is 13.2. The van der Waals surface area contributed by atoms with Crippen molar-refractivity contribution in [3.63, 3.8) is 0 Å². The molecule has 6 nitrogen and oxygen atoms in total. The fourth-order valence-electron chi connectivity index (χ4n) is 3.65. The van der Waals surface area contributed by atoms with Gasteiger partial charge in [-0.05, 0) is 55.2 Å². The largest absolute Gasteiger partial charge is 0.497 e. The molecule has 3 rings (SSSR count). The summed E-state index contributed by atoms with van der Waals surface area (Å²) in [7, 11) is 1.63. The Morgan fingerprint density at radius 3 is 2.40 bits per heavy atom. The fraction of sp³-hybridized carbons (Fsp3) is 0.391. The Labute approximate surface area is 182 Å². The number of hydrogen-bond acceptors (Lipinski definition) is 3. The van der Waals surface area contributed by atoms with Crippen LogP contribution in [0.5, 0.6) is 5.75 Å². The van der Waals surface area contributed by atoms with Crippen molar-refractivity contribution in [2.45, 2.75) is 39.3 Å². The van der Waals surface area contributed by atoms with Crippen LogP contribution in [0.15, 0.2) is 42.5 Å². The fourth-order valence-corrected chi connectivity index (χ4v) is 3.83. The number of methoxy groups -OCH3 is 1. The zero-order chi connectivity index (χ0) is 21.7. The lowest BCUT2D eigenvalue weighted by Crippen LogP contribution is -2.49. The second-order valence-electron chi connectivity index (χ2n) is 7.61. The van der Waals surface area contributed by atoms with Crippen molar-refractivity contribution >= 4 is 29.2 Å². The highest BCUT2D eigenvalue weighted by Gasteiger charge is 2.29. The van der Waals surface area contributed by atoms with Gasteiger partial charge in [0.1, 0.15) is 5.75 Å². The van der Waals surface area contributed by atoms with Gasteiger partial charge in [-0.1, -0.05) is 29.8 Å². The molecule has 7 heteroatoms. The van der Waals surface area contributed by atoms with Gasteiger partial charge in [-0.3, -0.25) is 4.79 Å². The van der Waals surface area contributed by atoms with Crippen LogP contribution in [0.2, 0.25) is 5.02 Å². The topological polar surface area (TPSA) is 61.9 Å². The lowest BCUT2D eigenvalue weighted by Gasteiger charge is -2.38. The van der Waals surface area contributed by atoms with Gasteiger partial charge in [-0.25, -0.2) is 4.79 Å². The Balaban J connectivity index is 1.77. The highest BCUT2D eigenvalue weighted by Crippen LogP contribution is 2.24. The monoisotopic (exact) mass is 429 g/mol. The van der Waals surface area contributed by atoms with Crippen LogP contribution in [0.1, 0.15) is 30.9 Å². The van der Waals surface area contributed by atoms with Crippen LogP contribution in [-0.2, 0) is 11.3 Å². The first-order chi connectivity index (χ1) is 14.4. The van der Waals surface area contributed by atoms with Crippen molar-refractivity contribution in [3.05, 3.63) is 58.6 Å². The van der Waals surface area contributed by atoms with Crippen LogP contribution in [-0.4, -0.2) is 48.0 Å². The quantitative estimate of drug-likeness (QED) is 0.749. The van der Waals surface area contributed by atoms with Crippen molar-refractivity contribution in [2.24, 2.45) is 0 Å². The van der Waals surface area contributed by atoms with E-state index in [-0.39, 0.29) is 18.0 Å². The molecule has 0 atom stereocenters. The molecule has 0 saturated carbocycles. The van der Waals surface area contributed by atoms with Crippen LogP contribution >= 0.6 is 11.6 Å². The predicted octanol–water partition coefficient (Wildman–Crippen LogP) is 4.70. The Morgan fingerprint density at radius 2 is 1.83 bits per heavy atom. The lowest BCUT2D eigenvalue weighted by molar-refractivity contribution is -0.130. The molecule has 1 saturated heterocycles. The van der Waals surface area contributed by atoms with Gasteiger partial charge in [0.05, 0.1) is 7.11 Å². The van der Waals surface area contributed by atoms with Crippen LogP contribution in [0, 0.1) is 6.92 Å². The molecular weight excluding hydrogens is 402 g/mol. The van der Waals surface area contributed by atoms with Gasteiger partial charge in [0.25, 0.3) is 0 Å². The van der Waals surface area contributed by atoms with Gasteiger partial charge in [0.15, 0.2) is 0 Å². The van der Waals surface area contributed by atoms with E-state index in [1.165, 1.54) is 0 Å². The molecule has 160 valence electrons. The molecule has 0 aromatic heterocycles. The molecule has 1 N–H and O–H groups in total. The maximum Gasteiger partial charge on any atom is 0.322 e. The van der Waals surface area contributed by atoms with E-state index in [4.69, 9.17) is 16.3 Å². The van der Waals surface area contributed by atoms with E-state index < -0.39 is 0 Å². The van der Waals surface area contributed by atoms with Gasteiger partial charge < -0.3 is 19.9 Å². The summed E-state index contributed by atoms with van der Waals surface area (Å²) in [4.78, 5) is 28.6. The second-order valence-corrected chi connectivity index (χ2v) is 8.01. The average Bonchev–Trinajstić information content (AvgIpc) is 2.75. The number of hydrogen-bond donors (Lipinski definition) is 1. The van der Waals surface area contributed by atoms with Crippen molar-refractivity contribution in [3.8, 4) is 5.75 Å². The van der Waals surface area contributed by atoms with E-state index in [0.717, 1.165) is 29.7 Å². The molecule has 0 spiro atoms. The van der Waals surface area contributed by atoms with Crippen LogP contribution < -0.4 is 10.1 Å². The number of carbonyl (C=O) groups is 2. The molecule has 30 heavy (non-hydrogen) atoms. The smallest absolute Gasteiger partial charge is 0.322 e. The van der Waals surface area contributed by atoms with E-state index in [1.807, 2.05) is 53.1 Å². The number of ether oxygens (including phenoxy) is 1. The summed E-state index contributed by atoms with van der Waals surface area (Å²) >= 11 is 6.22. The molecule has 0 bridgehead atoms. The third-order valence-electron chi connectivity index (χ3n) is 5.55. The Hall–Kier alpha value is -2.73. The molecule has 1 fully saturated rings. The van der Waals surface area contributed by atoms with Gasteiger partial charge in [0, 0.05) is 43.3 Å². The standard InChI is InChI=1S/C23H28ClN3O3/c1-16-4-7-19(14-22(16)24)25-23(29)27(15-18-5-8-21(30-3)9-6-18)20-10-12-26(13-11-20)17(2)28/h4-9,14,20H,10-13,15H2,1-3H3,(H,25,29). The zero-order valence-corrected chi connectivity index (χ0v) is 18.4. The van der Waals surface area contributed by atoms with Gasteiger partial charge in [0.2, 0.25) is 5.91 Å². The summed E-state index contributed by atoms with van der Waals surface area (Å²) < 4.78 is 5.23.